The Morgan fingerprint density at radius 3 is 2.15 bits per heavy atom. The van der Waals surface area contributed by atoms with Gasteiger partial charge in [0, 0.05) is 10.6 Å². The first kappa shape index (κ1) is 15.2. The Hall–Kier alpha value is -1.16. The Bertz CT molecular complexity index is 565. The van der Waals surface area contributed by atoms with Crippen molar-refractivity contribution in [1.29, 1.82) is 0 Å². The molecule has 0 aromatic heterocycles. The Morgan fingerprint density at radius 1 is 1.05 bits per heavy atom. The molecule has 1 unspecified atom stereocenters. The van der Waals surface area contributed by atoms with Crippen LogP contribution in [0.25, 0.3) is 0 Å². The Kier molecular flexibility index (Phi) is 5.35. The molecular formula is C15H13Cl2NOS. The second-order valence-electron chi connectivity index (χ2n) is 4.10. The van der Waals surface area contributed by atoms with E-state index in [1.54, 1.807) is 12.1 Å². The Labute approximate surface area is 132 Å². The molecule has 0 spiro atoms. The zero-order valence-corrected chi connectivity index (χ0v) is 12.9. The standard InChI is InChI=1S/C15H13Cl2NOS/c16-11-15(17,20-13-9-5-2-6-10-13)14(19)18-12-7-3-1-4-8-12/h1-10H,11H2,(H,18,19). The van der Waals surface area contributed by atoms with Crippen LogP contribution in [0.5, 0.6) is 0 Å². The van der Waals surface area contributed by atoms with Crippen LogP contribution in [0, 0.1) is 0 Å². The SMILES string of the molecule is O=C(Nc1ccccc1)C(Cl)(CCl)Sc1ccccc1. The summed E-state index contributed by atoms with van der Waals surface area (Å²) in [5.41, 5.74) is 0.696. The van der Waals surface area contributed by atoms with Crippen molar-refractivity contribution in [2.45, 2.75) is 9.10 Å². The fourth-order valence-corrected chi connectivity index (χ4v) is 3.02. The largest absolute Gasteiger partial charge is 0.324 e. The number of thioether (sulfide) groups is 1. The van der Waals surface area contributed by atoms with E-state index in [0.717, 1.165) is 4.90 Å². The van der Waals surface area contributed by atoms with Crippen molar-refractivity contribution < 1.29 is 4.79 Å². The van der Waals surface area contributed by atoms with Gasteiger partial charge in [0.25, 0.3) is 5.91 Å². The maximum Gasteiger partial charge on any atom is 0.257 e. The van der Waals surface area contributed by atoms with Crippen LogP contribution in [0.3, 0.4) is 0 Å². The molecule has 0 fully saturated rings. The number of amides is 1. The summed E-state index contributed by atoms with van der Waals surface area (Å²) in [4.78, 5) is 13.2. The van der Waals surface area contributed by atoms with Gasteiger partial charge in [-0.3, -0.25) is 4.79 Å². The molecule has 2 rings (SSSR count). The summed E-state index contributed by atoms with van der Waals surface area (Å²) in [5, 5.41) is 2.78. The van der Waals surface area contributed by atoms with E-state index in [4.69, 9.17) is 23.2 Å². The van der Waals surface area contributed by atoms with E-state index in [1.807, 2.05) is 48.5 Å². The molecule has 20 heavy (non-hydrogen) atoms. The van der Waals surface area contributed by atoms with Gasteiger partial charge in [-0.15, -0.1) is 11.6 Å². The number of hydrogen-bond donors (Lipinski definition) is 1. The molecule has 2 aromatic rings. The van der Waals surface area contributed by atoms with Gasteiger partial charge in [-0.1, -0.05) is 59.8 Å². The maximum absolute atomic E-state index is 12.3. The Balaban J connectivity index is 2.11. The van der Waals surface area contributed by atoms with Crippen LogP contribution in [0.4, 0.5) is 5.69 Å². The normalized spacial score (nSPS) is 13.5. The third-order valence-corrected chi connectivity index (χ3v) is 4.96. The van der Waals surface area contributed by atoms with Gasteiger partial charge in [0.15, 0.2) is 4.21 Å². The van der Waals surface area contributed by atoms with E-state index in [2.05, 4.69) is 5.32 Å². The minimum absolute atomic E-state index is 0.00673. The van der Waals surface area contributed by atoms with Crippen molar-refractivity contribution in [3.63, 3.8) is 0 Å². The van der Waals surface area contributed by atoms with Crippen LogP contribution in [0.15, 0.2) is 65.6 Å². The van der Waals surface area contributed by atoms with E-state index in [1.165, 1.54) is 11.8 Å². The number of benzene rings is 2. The van der Waals surface area contributed by atoms with Crippen molar-refractivity contribution >= 4 is 46.6 Å². The lowest BCUT2D eigenvalue weighted by Gasteiger charge is -2.22. The average Bonchev–Trinajstić information content (AvgIpc) is 2.49. The summed E-state index contributed by atoms with van der Waals surface area (Å²) in [6, 6.07) is 18.6. The molecule has 0 radical (unpaired) electrons. The zero-order valence-electron chi connectivity index (χ0n) is 10.6. The number of hydrogen-bond acceptors (Lipinski definition) is 2. The molecule has 0 heterocycles. The molecule has 1 N–H and O–H groups in total. The number of carbonyl (C=O) groups is 1. The summed E-state index contributed by atoms with van der Waals surface area (Å²) < 4.78 is -1.24. The molecule has 0 aliphatic carbocycles. The third kappa shape index (κ3) is 3.92. The van der Waals surface area contributed by atoms with Crippen molar-refractivity contribution in [3.05, 3.63) is 60.7 Å². The number of carbonyl (C=O) groups excluding carboxylic acids is 1. The van der Waals surface area contributed by atoms with Crippen molar-refractivity contribution in [2.75, 3.05) is 11.2 Å². The third-order valence-electron chi connectivity index (χ3n) is 2.57. The highest BCUT2D eigenvalue weighted by atomic mass is 35.5. The number of anilines is 1. The highest BCUT2D eigenvalue weighted by Crippen LogP contribution is 2.38. The molecule has 0 aliphatic heterocycles. The molecule has 5 heteroatoms. The van der Waals surface area contributed by atoms with Gasteiger partial charge < -0.3 is 5.32 Å². The van der Waals surface area contributed by atoms with Gasteiger partial charge in [0.1, 0.15) is 0 Å². The van der Waals surface area contributed by atoms with Crippen LogP contribution >= 0.6 is 35.0 Å². The predicted molar refractivity (Wildman–Crippen MR) is 86.7 cm³/mol. The van der Waals surface area contributed by atoms with Gasteiger partial charge >= 0.3 is 0 Å². The monoisotopic (exact) mass is 325 g/mol. The first-order valence-corrected chi connectivity index (χ1v) is 7.72. The fourth-order valence-electron chi connectivity index (χ4n) is 1.56. The highest BCUT2D eigenvalue weighted by Gasteiger charge is 2.36. The lowest BCUT2D eigenvalue weighted by atomic mass is 10.3. The van der Waals surface area contributed by atoms with Crippen LogP contribution < -0.4 is 5.32 Å². The lowest BCUT2D eigenvalue weighted by molar-refractivity contribution is -0.116. The number of rotatable bonds is 5. The van der Waals surface area contributed by atoms with Gasteiger partial charge in [0.2, 0.25) is 0 Å². The van der Waals surface area contributed by atoms with Crippen LogP contribution in [0.1, 0.15) is 0 Å². The summed E-state index contributed by atoms with van der Waals surface area (Å²) in [6.07, 6.45) is 0. The highest BCUT2D eigenvalue weighted by molar-refractivity contribution is 8.02. The quantitative estimate of drug-likeness (QED) is 0.643. The van der Waals surface area contributed by atoms with E-state index in [9.17, 15) is 4.79 Å². The van der Waals surface area contributed by atoms with Crippen LogP contribution in [-0.4, -0.2) is 16.0 Å². The molecule has 2 nitrogen and oxygen atoms in total. The summed E-state index contributed by atoms with van der Waals surface area (Å²) in [5.74, 6) is -0.318. The number of alkyl halides is 2. The van der Waals surface area contributed by atoms with E-state index in [-0.39, 0.29) is 11.8 Å². The molecule has 2 aromatic carbocycles. The van der Waals surface area contributed by atoms with Crippen molar-refractivity contribution in [3.8, 4) is 0 Å². The molecule has 104 valence electrons. The van der Waals surface area contributed by atoms with E-state index in [0.29, 0.717) is 5.69 Å². The summed E-state index contributed by atoms with van der Waals surface area (Å²) in [7, 11) is 0. The van der Waals surface area contributed by atoms with Gasteiger partial charge in [0.05, 0.1) is 5.88 Å². The number of para-hydroxylation sites is 1. The molecule has 0 bridgehead atoms. The molecule has 1 atom stereocenters. The maximum atomic E-state index is 12.3. The molecule has 1 amide bonds. The van der Waals surface area contributed by atoms with Gasteiger partial charge in [-0.2, -0.15) is 0 Å². The molecule has 0 aliphatic rings. The summed E-state index contributed by atoms with van der Waals surface area (Å²) in [6.45, 7) is 0. The molecule has 0 saturated heterocycles. The summed E-state index contributed by atoms with van der Waals surface area (Å²) >= 11 is 13.5. The first-order valence-electron chi connectivity index (χ1n) is 5.99. The van der Waals surface area contributed by atoms with Crippen LogP contribution in [0.2, 0.25) is 0 Å². The first-order chi connectivity index (χ1) is 9.64. The Morgan fingerprint density at radius 2 is 1.60 bits per heavy atom. The molecular weight excluding hydrogens is 313 g/mol. The zero-order chi connectivity index (χ0) is 14.4. The lowest BCUT2D eigenvalue weighted by Crippen LogP contribution is -2.36. The number of nitrogens with one attached hydrogen (secondary N) is 1. The van der Waals surface area contributed by atoms with Gasteiger partial charge in [-0.25, -0.2) is 0 Å². The second kappa shape index (κ2) is 7.02. The fraction of sp³-hybridized carbons (Fsp3) is 0.133. The number of halogens is 2. The van der Waals surface area contributed by atoms with Gasteiger partial charge in [-0.05, 0) is 24.3 Å². The smallest absolute Gasteiger partial charge is 0.257 e. The van der Waals surface area contributed by atoms with Crippen molar-refractivity contribution in [1.82, 2.24) is 0 Å². The van der Waals surface area contributed by atoms with E-state index >= 15 is 0 Å². The minimum atomic E-state index is -1.24. The molecule has 0 saturated carbocycles. The second-order valence-corrected chi connectivity index (χ2v) is 6.61. The average molecular weight is 326 g/mol. The minimum Gasteiger partial charge on any atom is -0.324 e. The van der Waals surface area contributed by atoms with Crippen molar-refractivity contribution in [2.24, 2.45) is 0 Å². The van der Waals surface area contributed by atoms with Crippen LogP contribution in [-0.2, 0) is 4.79 Å². The topological polar surface area (TPSA) is 29.1 Å². The predicted octanol–water partition coefficient (Wildman–Crippen LogP) is 4.59. The van der Waals surface area contributed by atoms with E-state index < -0.39 is 4.21 Å².